The quantitative estimate of drug-likeness (QED) is 0.763. The lowest BCUT2D eigenvalue weighted by Gasteiger charge is -2.12. The van der Waals surface area contributed by atoms with Crippen molar-refractivity contribution >= 4 is 51.9 Å². The number of amides is 3. The van der Waals surface area contributed by atoms with Gasteiger partial charge < -0.3 is 10.1 Å². The Balaban J connectivity index is 1.56. The molecule has 0 aromatic carbocycles. The zero-order valence-electron chi connectivity index (χ0n) is 13.8. The van der Waals surface area contributed by atoms with Crippen molar-refractivity contribution in [1.29, 1.82) is 0 Å². The molecule has 0 saturated carbocycles. The maximum Gasteiger partial charge on any atom is 0.293 e. The number of thioether (sulfide) groups is 1. The van der Waals surface area contributed by atoms with Crippen molar-refractivity contribution in [2.45, 2.75) is 6.42 Å². The van der Waals surface area contributed by atoms with Gasteiger partial charge in [0, 0.05) is 23.9 Å². The van der Waals surface area contributed by atoms with Crippen LogP contribution in [0.25, 0.3) is 6.08 Å². The van der Waals surface area contributed by atoms with E-state index in [1.165, 1.54) is 24.6 Å². The minimum Gasteiger partial charge on any atom is -0.481 e. The number of pyridine rings is 1. The van der Waals surface area contributed by atoms with E-state index in [0.29, 0.717) is 16.5 Å². The predicted octanol–water partition coefficient (Wildman–Crippen LogP) is 3.22. The van der Waals surface area contributed by atoms with Crippen molar-refractivity contribution in [3.8, 4) is 5.88 Å². The number of ether oxygens (including phenoxy) is 1. The zero-order chi connectivity index (χ0) is 18.5. The standard InChI is InChI=1S/C17H15N3O4S2/c1-24-15-5-4-11(10-18-15)19-14(21)6-7-20-16(22)13(26-17(20)23)9-12-3-2-8-25-12/h2-5,8-10H,6-7H2,1H3,(H,19,21)/b13-9-. The topological polar surface area (TPSA) is 88.6 Å². The lowest BCUT2D eigenvalue weighted by molar-refractivity contribution is -0.123. The van der Waals surface area contributed by atoms with E-state index < -0.39 is 0 Å². The van der Waals surface area contributed by atoms with E-state index in [0.717, 1.165) is 21.5 Å². The lowest BCUT2D eigenvalue weighted by Crippen LogP contribution is -2.31. The largest absolute Gasteiger partial charge is 0.481 e. The molecule has 0 unspecified atom stereocenters. The fourth-order valence-electron chi connectivity index (χ4n) is 2.21. The SMILES string of the molecule is COc1ccc(NC(=O)CCN2C(=O)S/C(=C\c3cccs3)C2=O)cn1. The molecule has 3 amide bonds. The molecular weight excluding hydrogens is 374 g/mol. The van der Waals surface area contributed by atoms with Gasteiger partial charge in [0.1, 0.15) is 0 Å². The third-order valence-electron chi connectivity index (χ3n) is 3.48. The van der Waals surface area contributed by atoms with Gasteiger partial charge in [-0.05, 0) is 35.4 Å². The Morgan fingerprint density at radius 1 is 1.35 bits per heavy atom. The number of hydrogen-bond donors (Lipinski definition) is 1. The van der Waals surface area contributed by atoms with Gasteiger partial charge in [0.05, 0.1) is 23.9 Å². The van der Waals surface area contributed by atoms with Crippen LogP contribution < -0.4 is 10.1 Å². The number of aromatic nitrogens is 1. The fraction of sp³-hybridized carbons (Fsp3) is 0.176. The molecule has 1 aliphatic heterocycles. The molecule has 7 nitrogen and oxygen atoms in total. The fourth-order valence-corrected chi connectivity index (χ4v) is 3.80. The summed E-state index contributed by atoms with van der Waals surface area (Å²) in [6.45, 7) is 0.0296. The average Bonchev–Trinajstić information content (AvgIpc) is 3.23. The van der Waals surface area contributed by atoms with Crippen LogP contribution >= 0.6 is 23.1 Å². The van der Waals surface area contributed by atoms with Crippen LogP contribution in [0.15, 0.2) is 40.7 Å². The van der Waals surface area contributed by atoms with Crippen LogP contribution in [-0.2, 0) is 9.59 Å². The highest BCUT2D eigenvalue weighted by molar-refractivity contribution is 8.18. The summed E-state index contributed by atoms with van der Waals surface area (Å²) >= 11 is 2.37. The molecule has 9 heteroatoms. The molecule has 1 N–H and O–H groups in total. The number of imide groups is 1. The summed E-state index contributed by atoms with van der Waals surface area (Å²) in [6, 6.07) is 7.03. The summed E-state index contributed by atoms with van der Waals surface area (Å²) in [4.78, 5) is 42.8. The monoisotopic (exact) mass is 389 g/mol. The number of hydrogen-bond acceptors (Lipinski definition) is 7. The van der Waals surface area contributed by atoms with Gasteiger partial charge in [0.2, 0.25) is 11.8 Å². The van der Waals surface area contributed by atoms with Crippen LogP contribution in [0, 0.1) is 0 Å². The van der Waals surface area contributed by atoms with Crippen LogP contribution in [0.5, 0.6) is 5.88 Å². The number of thiophene rings is 1. The van der Waals surface area contributed by atoms with Crippen molar-refractivity contribution < 1.29 is 19.1 Å². The molecule has 2 aromatic rings. The Morgan fingerprint density at radius 2 is 2.19 bits per heavy atom. The van der Waals surface area contributed by atoms with E-state index >= 15 is 0 Å². The van der Waals surface area contributed by atoms with Gasteiger partial charge in [0.15, 0.2) is 0 Å². The first-order chi connectivity index (χ1) is 12.6. The Labute approximate surface area is 158 Å². The maximum absolute atomic E-state index is 12.3. The molecule has 0 radical (unpaired) electrons. The number of anilines is 1. The number of nitrogens with zero attached hydrogens (tertiary/aromatic N) is 2. The summed E-state index contributed by atoms with van der Waals surface area (Å²) in [7, 11) is 1.50. The van der Waals surface area contributed by atoms with Crippen molar-refractivity contribution in [2.75, 3.05) is 19.0 Å². The van der Waals surface area contributed by atoms with Crippen molar-refractivity contribution in [3.05, 3.63) is 45.6 Å². The second-order valence-electron chi connectivity index (χ2n) is 5.24. The number of carbonyl (C=O) groups excluding carboxylic acids is 3. The van der Waals surface area contributed by atoms with E-state index in [1.807, 2.05) is 17.5 Å². The van der Waals surface area contributed by atoms with Gasteiger partial charge in [-0.1, -0.05) is 6.07 Å². The number of nitrogens with one attached hydrogen (secondary N) is 1. The molecule has 26 heavy (non-hydrogen) atoms. The lowest BCUT2D eigenvalue weighted by atomic mass is 10.3. The molecule has 0 spiro atoms. The Hall–Kier alpha value is -2.65. The van der Waals surface area contributed by atoms with Gasteiger partial charge in [0.25, 0.3) is 11.1 Å². The predicted molar refractivity (Wildman–Crippen MR) is 101 cm³/mol. The van der Waals surface area contributed by atoms with Crippen molar-refractivity contribution in [2.24, 2.45) is 0 Å². The molecule has 0 aliphatic carbocycles. The summed E-state index contributed by atoms with van der Waals surface area (Å²) in [5, 5.41) is 4.20. The summed E-state index contributed by atoms with van der Waals surface area (Å²) < 4.78 is 4.95. The van der Waals surface area contributed by atoms with Crippen LogP contribution in [0.2, 0.25) is 0 Å². The maximum atomic E-state index is 12.3. The Kier molecular flexibility index (Phi) is 5.69. The molecule has 1 fully saturated rings. The van der Waals surface area contributed by atoms with Crippen LogP contribution in [0.3, 0.4) is 0 Å². The number of rotatable bonds is 6. The van der Waals surface area contributed by atoms with E-state index in [1.54, 1.807) is 18.2 Å². The third-order valence-corrected chi connectivity index (χ3v) is 5.21. The molecule has 0 atom stereocenters. The van der Waals surface area contributed by atoms with E-state index in [4.69, 9.17) is 4.74 Å². The zero-order valence-corrected chi connectivity index (χ0v) is 15.4. The van der Waals surface area contributed by atoms with Gasteiger partial charge in [-0.2, -0.15) is 0 Å². The molecule has 1 saturated heterocycles. The summed E-state index contributed by atoms with van der Waals surface area (Å²) in [6.07, 6.45) is 3.18. The Bertz CT molecular complexity index is 847. The average molecular weight is 389 g/mol. The van der Waals surface area contributed by atoms with Crippen LogP contribution in [0.1, 0.15) is 11.3 Å². The minimum absolute atomic E-state index is 0.0103. The highest BCUT2D eigenvalue weighted by Gasteiger charge is 2.35. The van der Waals surface area contributed by atoms with E-state index in [2.05, 4.69) is 10.3 Å². The first-order valence-electron chi connectivity index (χ1n) is 7.65. The van der Waals surface area contributed by atoms with Crippen molar-refractivity contribution in [3.63, 3.8) is 0 Å². The highest BCUT2D eigenvalue weighted by atomic mass is 32.2. The second-order valence-corrected chi connectivity index (χ2v) is 7.21. The minimum atomic E-state index is -0.368. The smallest absolute Gasteiger partial charge is 0.293 e. The van der Waals surface area contributed by atoms with Crippen molar-refractivity contribution in [1.82, 2.24) is 9.88 Å². The Morgan fingerprint density at radius 3 is 2.85 bits per heavy atom. The summed E-state index contributed by atoms with van der Waals surface area (Å²) in [5.74, 6) is -0.232. The van der Waals surface area contributed by atoms with Gasteiger partial charge in [-0.3, -0.25) is 19.3 Å². The van der Waals surface area contributed by atoms with Gasteiger partial charge >= 0.3 is 0 Å². The second kappa shape index (κ2) is 8.15. The third kappa shape index (κ3) is 4.30. The molecule has 1 aliphatic rings. The van der Waals surface area contributed by atoms with Gasteiger partial charge in [-0.15, -0.1) is 11.3 Å². The normalized spacial score (nSPS) is 15.6. The van der Waals surface area contributed by atoms with Crippen LogP contribution in [0.4, 0.5) is 10.5 Å². The highest BCUT2D eigenvalue weighted by Crippen LogP contribution is 2.33. The number of methoxy groups -OCH3 is 1. The molecule has 3 rings (SSSR count). The molecule has 0 bridgehead atoms. The van der Waals surface area contributed by atoms with E-state index in [-0.39, 0.29) is 30.0 Å². The van der Waals surface area contributed by atoms with Crippen LogP contribution in [-0.4, -0.2) is 40.6 Å². The van der Waals surface area contributed by atoms with E-state index in [9.17, 15) is 14.4 Å². The van der Waals surface area contributed by atoms with Gasteiger partial charge in [-0.25, -0.2) is 4.98 Å². The number of carbonyl (C=O) groups is 3. The molecule has 2 aromatic heterocycles. The summed E-state index contributed by atoms with van der Waals surface area (Å²) in [5.41, 5.74) is 0.516. The molecule has 134 valence electrons. The first-order valence-corrected chi connectivity index (χ1v) is 9.35. The molecular formula is C17H15N3O4S2. The molecule has 3 heterocycles. The first kappa shape index (κ1) is 18.2.